The molecule has 0 aliphatic heterocycles. The Labute approximate surface area is 114 Å². The van der Waals surface area contributed by atoms with Crippen molar-refractivity contribution in [1.29, 1.82) is 0 Å². The second-order valence-corrected chi connectivity index (χ2v) is 5.12. The monoisotopic (exact) mass is 283 g/mol. The van der Waals surface area contributed by atoms with Crippen LogP contribution in [0.15, 0.2) is 12.1 Å². The van der Waals surface area contributed by atoms with Crippen LogP contribution in [0.1, 0.15) is 24.8 Å². The highest BCUT2D eigenvalue weighted by Crippen LogP contribution is 2.32. The summed E-state index contributed by atoms with van der Waals surface area (Å²) in [7, 11) is 0. The molecule has 1 aliphatic rings. The Morgan fingerprint density at radius 1 is 1.20 bits per heavy atom. The van der Waals surface area contributed by atoms with Gasteiger partial charge in [-0.25, -0.2) is 8.78 Å². The van der Waals surface area contributed by atoms with Crippen LogP contribution in [0.2, 0.25) is 0 Å². The third-order valence-electron chi connectivity index (χ3n) is 3.66. The van der Waals surface area contributed by atoms with Crippen molar-refractivity contribution >= 4 is 17.6 Å². The number of amides is 1. The minimum Gasteiger partial charge on any atom is -0.481 e. The summed E-state index contributed by atoms with van der Waals surface area (Å²) in [6.07, 6.45) is 1.11. The molecule has 6 heteroatoms. The van der Waals surface area contributed by atoms with E-state index in [0.717, 1.165) is 12.1 Å². The smallest absolute Gasteiger partial charge is 0.306 e. The number of aryl methyl sites for hydroxylation is 1. The molecule has 1 aromatic carbocycles. The van der Waals surface area contributed by atoms with Crippen molar-refractivity contribution in [3.05, 3.63) is 29.3 Å². The van der Waals surface area contributed by atoms with E-state index in [1.54, 1.807) is 0 Å². The quantitative estimate of drug-likeness (QED) is 0.896. The topological polar surface area (TPSA) is 66.4 Å². The number of halogens is 2. The molecule has 0 saturated heterocycles. The SMILES string of the molecule is Cc1cc(F)c(NC(=O)C2CCC(C(=O)O)C2)cc1F. The number of aliphatic carboxylic acids is 1. The molecule has 4 nitrogen and oxygen atoms in total. The van der Waals surface area contributed by atoms with Crippen LogP contribution in [-0.4, -0.2) is 17.0 Å². The van der Waals surface area contributed by atoms with Gasteiger partial charge in [0.05, 0.1) is 11.6 Å². The summed E-state index contributed by atoms with van der Waals surface area (Å²) in [6, 6.07) is 1.95. The van der Waals surface area contributed by atoms with E-state index >= 15 is 0 Å². The van der Waals surface area contributed by atoms with Gasteiger partial charge in [0.25, 0.3) is 0 Å². The molecule has 2 unspecified atom stereocenters. The van der Waals surface area contributed by atoms with E-state index in [2.05, 4.69) is 5.32 Å². The first kappa shape index (κ1) is 14.4. The van der Waals surface area contributed by atoms with Gasteiger partial charge in [0.15, 0.2) is 0 Å². The zero-order valence-corrected chi connectivity index (χ0v) is 11.0. The van der Waals surface area contributed by atoms with Gasteiger partial charge in [0, 0.05) is 12.0 Å². The molecule has 2 rings (SSSR count). The molecule has 0 bridgehead atoms. The largest absolute Gasteiger partial charge is 0.481 e. The van der Waals surface area contributed by atoms with Crippen molar-refractivity contribution < 1.29 is 23.5 Å². The number of nitrogens with one attached hydrogen (secondary N) is 1. The molecule has 0 spiro atoms. The number of carboxylic acid groups (broad SMARTS) is 1. The number of anilines is 1. The lowest BCUT2D eigenvalue weighted by Crippen LogP contribution is -2.22. The lowest BCUT2D eigenvalue weighted by Gasteiger charge is -2.12. The number of carbonyl (C=O) groups is 2. The highest BCUT2D eigenvalue weighted by atomic mass is 19.1. The van der Waals surface area contributed by atoms with Gasteiger partial charge in [0.1, 0.15) is 11.6 Å². The maximum absolute atomic E-state index is 13.6. The molecule has 1 saturated carbocycles. The maximum atomic E-state index is 13.6. The van der Waals surface area contributed by atoms with Gasteiger partial charge in [-0.15, -0.1) is 0 Å². The first-order valence-corrected chi connectivity index (χ1v) is 6.37. The van der Waals surface area contributed by atoms with Crippen molar-refractivity contribution in [3.63, 3.8) is 0 Å². The van der Waals surface area contributed by atoms with E-state index in [9.17, 15) is 18.4 Å². The van der Waals surface area contributed by atoms with E-state index in [1.807, 2.05) is 0 Å². The Hall–Kier alpha value is -1.98. The van der Waals surface area contributed by atoms with Crippen LogP contribution in [0.3, 0.4) is 0 Å². The highest BCUT2D eigenvalue weighted by molar-refractivity contribution is 5.93. The number of carboxylic acids is 1. The molecule has 1 fully saturated rings. The van der Waals surface area contributed by atoms with Crippen molar-refractivity contribution in [1.82, 2.24) is 0 Å². The molecule has 108 valence electrons. The number of hydrogen-bond donors (Lipinski definition) is 2. The number of hydrogen-bond acceptors (Lipinski definition) is 2. The Morgan fingerprint density at radius 2 is 1.85 bits per heavy atom. The summed E-state index contributed by atoms with van der Waals surface area (Å²) < 4.78 is 27.0. The van der Waals surface area contributed by atoms with Gasteiger partial charge in [0.2, 0.25) is 5.91 Å². The average molecular weight is 283 g/mol. The van der Waals surface area contributed by atoms with Gasteiger partial charge in [-0.1, -0.05) is 0 Å². The molecule has 0 aromatic heterocycles. The molecule has 2 atom stereocenters. The van der Waals surface area contributed by atoms with Crippen molar-refractivity contribution in [2.24, 2.45) is 11.8 Å². The van der Waals surface area contributed by atoms with E-state index in [0.29, 0.717) is 12.8 Å². The summed E-state index contributed by atoms with van der Waals surface area (Å²) >= 11 is 0. The maximum Gasteiger partial charge on any atom is 0.306 e. The minimum atomic E-state index is -0.923. The highest BCUT2D eigenvalue weighted by Gasteiger charge is 2.34. The zero-order valence-electron chi connectivity index (χ0n) is 11.0. The van der Waals surface area contributed by atoms with Crippen LogP contribution >= 0.6 is 0 Å². The molecule has 1 amide bonds. The second kappa shape index (κ2) is 5.56. The number of carbonyl (C=O) groups excluding carboxylic acids is 1. The predicted molar refractivity (Wildman–Crippen MR) is 68.2 cm³/mol. The second-order valence-electron chi connectivity index (χ2n) is 5.12. The van der Waals surface area contributed by atoms with Gasteiger partial charge in [-0.3, -0.25) is 9.59 Å². The Kier molecular flexibility index (Phi) is 4.01. The molecular weight excluding hydrogens is 268 g/mol. The summed E-state index contributed by atoms with van der Waals surface area (Å²) in [4.78, 5) is 22.8. The Balaban J connectivity index is 2.06. The fourth-order valence-corrected chi connectivity index (χ4v) is 2.42. The molecular formula is C14H15F2NO3. The van der Waals surface area contributed by atoms with Crippen LogP contribution in [0.25, 0.3) is 0 Å². The number of benzene rings is 1. The predicted octanol–water partition coefficient (Wildman–Crippen LogP) is 2.71. The summed E-state index contributed by atoms with van der Waals surface area (Å²) in [5.74, 6) is -3.70. The zero-order chi connectivity index (χ0) is 14.9. The van der Waals surface area contributed by atoms with Crippen LogP contribution in [0.5, 0.6) is 0 Å². The summed E-state index contributed by atoms with van der Waals surface area (Å²) in [5, 5.41) is 11.2. The summed E-state index contributed by atoms with van der Waals surface area (Å²) in [5.41, 5.74) is -0.0517. The lowest BCUT2D eigenvalue weighted by atomic mass is 10.0. The third kappa shape index (κ3) is 2.95. The first-order chi connectivity index (χ1) is 9.38. The van der Waals surface area contributed by atoms with E-state index < -0.39 is 35.3 Å². The fraction of sp³-hybridized carbons (Fsp3) is 0.429. The van der Waals surface area contributed by atoms with Crippen LogP contribution < -0.4 is 5.32 Å². The molecule has 2 N–H and O–H groups in total. The van der Waals surface area contributed by atoms with E-state index in [1.165, 1.54) is 6.92 Å². The Bertz CT molecular complexity index is 560. The van der Waals surface area contributed by atoms with E-state index in [4.69, 9.17) is 5.11 Å². The van der Waals surface area contributed by atoms with Gasteiger partial charge in [-0.2, -0.15) is 0 Å². The average Bonchev–Trinajstić information content (AvgIpc) is 2.85. The lowest BCUT2D eigenvalue weighted by molar-refractivity contribution is -0.141. The molecule has 1 aromatic rings. The van der Waals surface area contributed by atoms with Crippen molar-refractivity contribution in [2.75, 3.05) is 5.32 Å². The van der Waals surface area contributed by atoms with E-state index in [-0.39, 0.29) is 17.7 Å². The van der Waals surface area contributed by atoms with Gasteiger partial charge >= 0.3 is 5.97 Å². The summed E-state index contributed by atoms with van der Waals surface area (Å²) in [6.45, 7) is 1.43. The van der Waals surface area contributed by atoms with Crippen molar-refractivity contribution in [3.8, 4) is 0 Å². The third-order valence-corrected chi connectivity index (χ3v) is 3.66. The normalized spacial score (nSPS) is 21.8. The Morgan fingerprint density at radius 3 is 2.45 bits per heavy atom. The first-order valence-electron chi connectivity index (χ1n) is 6.37. The minimum absolute atomic E-state index is 0.160. The molecule has 0 heterocycles. The fourth-order valence-electron chi connectivity index (χ4n) is 2.42. The number of rotatable bonds is 3. The van der Waals surface area contributed by atoms with Crippen LogP contribution in [-0.2, 0) is 9.59 Å². The standard InChI is InChI=1S/C14H15F2NO3/c1-7-4-11(16)12(6-10(7)15)17-13(18)8-2-3-9(5-8)14(19)20/h4,6,8-9H,2-3,5H2,1H3,(H,17,18)(H,19,20). The van der Waals surface area contributed by atoms with Crippen LogP contribution in [0.4, 0.5) is 14.5 Å². The molecule has 20 heavy (non-hydrogen) atoms. The van der Waals surface area contributed by atoms with Crippen molar-refractivity contribution in [2.45, 2.75) is 26.2 Å². The molecule has 1 aliphatic carbocycles. The van der Waals surface area contributed by atoms with Gasteiger partial charge < -0.3 is 10.4 Å². The van der Waals surface area contributed by atoms with Crippen LogP contribution in [0, 0.1) is 30.4 Å². The van der Waals surface area contributed by atoms with Gasteiger partial charge in [-0.05, 0) is 37.8 Å². The molecule has 0 radical (unpaired) electrons.